The van der Waals surface area contributed by atoms with Crippen LogP contribution in [0.5, 0.6) is 0 Å². The molecule has 2 aromatic heterocycles. The maximum absolute atomic E-state index is 10.6. The molecule has 104 valence electrons. The van der Waals surface area contributed by atoms with Gasteiger partial charge >= 0.3 is 5.97 Å². The minimum atomic E-state index is -0.799. The minimum absolute atomic E-state index is 0.111. The first-order chi connectivity index (χ1) is 10.2. The second-order valence-corrected chi connectivity index (χ2v) is 4.71. The van der Waals surface area contributed by atoms with E-state index in [2.05, 4.69) is 9.97 Å². The van der Waals surface area contributed by atoms with Crippen LogP contribution in [0.3, 0.4) is 0 Å². The van der Waals surface area contributed by atoms with Crippen molar-refractivity contribution in [2.24, 2.45) is 0 Å². The van der Waals surface area contributed by atoms with E-state index < -0.39 is 5.97 Å². The molecule has 0 saturated heterocycles. The van der Waals surface area contributed by atoms with Gasteiger partial charge in [-0.25, -0.2) is 9.55 Å². The summed E-state index contributed by atoms with van der Waals surface area (Å²) in [7, 11) is 0. The molecule has 0 atom stereocenters. The Morgan fingerprint density at radius 3 is 2.52 bits per heavy atom. The number of hydrogen-bond donors (Lipinski definition) is 1. The number of hydrogen-bond acceptors (Lipinski definition) is 3. The van der Waals surface area contributed by atoms with Gasteiger partial charge in [-0.05, 0) is 12.1 Å². The zero-order valence-electron chi connectivity index (χ0n) is 11.3. The van der Waals surface area contributed by atoms with E-state index in [0.717, 1.165) is 22.3 Å². The summed E-state index contributed by atoms with van der Waals surface area (Å²) in [5.74, 6) is -0.799. The molecular formula is C16H14N3O2+. The maximum Gasteiger partial charge on any atom is 0.309 e. The summed E-state index contributed by atoms with van der Waals surface area (Å²) in [5, 5.41) is 8.68. The van der Waals surface area contributed by atoms with Crippen molar-refractivity contribution in [2.45, 2.75) is 13.0 Å². The van der Waals surface area contributed by atoms with E-state index >= 15 is 0 Å². The first-order valence-electron chi connectivity index (χ1n) is 6.65. The Balaban J connectivity index is 1.86. The molecule has 5 heteroatoms. The van der Waals surface area contributed by atoms with Crippen molar-refractivity contribution in [2.75, 3.05) is 0 Å². The molecule has 0 bridgehead atoms. The molecular weight excluding hydrogens is 266 g/mol. The molecule has 1 N–H and O–H groups in total. The van der Waals surface area contributed by atoms with Crippen LogP contribution in [0.15, 0.2) is 55.0 Å². The van der Waals surface area contributed by atoms with Gasteiger partial charge in [0, 0.05) is 17.7 Å². The Morgan fingerprint density at radius 1 is 1.10 bits per heavy atom. The summed E-state index contributed by atoms with van der Waals surface area (Å²) in [6, 6.07) is 11.6. The Bertz CT molecular complexity index is 785. The zero-order chi connectivity index (χ0) is 14.7. The van der Waals surface area contributed by atoms with E-state index in [-0.39, 0.29) is 6.42 Å². The van der Waals surface area contributed by atoms with E-state index in [4.69, 9.17) is 5.11 Å². The average molecular weight is 280 g/mol. The van der Waals surface area contributed by atoms with Crippen molar-refractivity contribution in [3.8, 4) is 11.3 Å². The summed E-state index contributed by atoms with van der Waals surface area (Å²) >= 11 is 0. The average Bonchev–Trinajstić information content (AvgIpc) is 2.53. The molecule has 1 aromatic carbocycles. The summed E-state index contributed by atoms with van der Waals surface area (Å²) in [6.07, 6.45) is 5.57. The van der Waals surface area contributed by atoms with Crippen LogP contribution in [0.1, 0.15) is 6.42 Å². The largest absolute Gasteiger partial charge is 0.481 e. The molecule has 0 aliphatic carbocycles. The lowest BCUT2D eigenvalue weighted by atomic mass is 10.2. The van der Waals surface area contributed by atoms with E-state index in [1.807, 2.05) is 53.4 Å². The number of carboxylic acids is 1. The van der Waals surface area contributed by atoms with Crippen molar-refractivity contribution in [3.63, 3.8) is 0 Å². The second-order valence-electron chi connectivity index (χ2n) is 4.71. The van der Waals surface area contributed by atoms with Gasteiger partial charge in [-0.15, -0.1) is 0 Å². The number of pyridine rings is 1. The number of para-hydroxylation sites is 2. The highest BCUT2D eigenvalue weighted by Crippen LogP contribution is 2.17. The number of carboxylic acid groups (broad SMARTS) is 1. The third kappa shape index (κ3) is 3.02. The van der Waals surface area contributed by atoms with Crippen LogP contribution in [0, 0.1) is 0 Å². The number of aryl methyl sites for hydroxylation is 1. The molecule has 0 saturated carbocycles. The molecule has 0 radical (unpaired) electrons. The monoisotopic (exact) mass is 280 g/mol. The predicted octanol–water partition coefficient (Wildman–Crippen LogP) is 2.06. The fourth-order valence-corrected chi connectivity index (χ4v) is 2.10. The SMILES string of the molecule is O=C(O)CC[n+]1ccc(-c2cnc3ccccc3n2)cc1. The minimum Gasteiger partial charge on any atom is -0.481 e. The highest BCUT2D eigenvalue weighted by molar-refractivity contribution is 5.76. The molecule has 0 aliphatic heterocycles. The van der Waals surface area contributed by atoms with E-state index in [1.54, 1.807) is 6.20 Å². The number of benzene rings is 1. The van der Waals surface area contributed by atoms with Crippen molar-refractivity contribution < 1.29 is 14.5 Å². The van der Waals surface area contributed by atoms with E-state index in [9.17, 15) is 4.79 Å². The Labute approximate surface area is 121 Å². The number of aromatic nitrogens is 3. The first-order valence-corrected chi connectivity index (χ1v) is 6.65. The predicted molar refractivity (Wildman–Crippen MR) is 77.4 cm³/mol. The fourth-order valence-electron chi connectivity index (χ4n) is 2.10. The summed E-state index contributed by atoms with van der Waals surface area (Å²) in [5.41, 5.74) is 3.49. The summed E-state index contributed by atoms with van der Waals surface area (Å²) < 4.78 is 1.84. The van der Waals surface area contributed by atoms with Gasteiger partial charge < -0.3 is 5.11 Å². The molecule has 0 aliphatic rings. The van der Waals surface area contributed by atoms with Crippen LogP contribution < -0.4 is 4.57 Å². The van der Waals surface area contributed by atoms with Gasteiger partial charge in [-0.2, -0.15) is 0 Å². The standard InChI is InChI=1S/C16H13N3O2/c20-16(21)7-10-19-8-5-12(6-9-19)15-11-17-13-3-1-2-4-14(13)18-15/h1-6,8-9,11H,7,10H2/p+1. The molecule has 21 heavy (non-hydrogen) atoms. The van der Waals surface area contributed by atoms with Gasteiger partial charge in [0.2, 0.25) is 0 Å². The van der Waals surface area contributed by atoms with Gasteiger partial charge in [0.25, 0.3) is 0 Å². The Morgan fingerprint density at radius 2 is 1.81 bits per heavy atom. The van der Waals surface area contributed by atoms with E-state index in [0.29, 0.717) is 6.54 Å². The number of carbonyl (C=O) groups is 1. The van der Waals surface area contributed by atoms with Crippen molar-refractivity contribution in [1.29, 1.82) is 0 Å². The van der Waals surface area contributed by atoms with Crippen LogP contribution in [0.25, 0.3) is 22.3 Å². The lowest BCUT2D eigenvalue weighted by molar-refractivity contribution is -0.695. The summed E-state index contributed by atoms with van der Waals surface area (Å²) in [4.78, 5) is 19.5. The summed E-state index contributed by atoms with van der Waals surface area (Å²) in [6.45, 7) is 0.457. The molecule has 0 fully saturated rings. The molecule has 3 aromatic rings. The zero-order valence-corrected chi connectivity index (χ0v) is 11.3. The first kappa shape index (κ1) is 13.2. The quantitative estimate of drug-likeness (QED) is 0.743. The van der Waals surface area contributed by atoms with Crippen LogP contribution in [0.4, 0.5) is 0 Å². The highest BCUT2D eigenvalue weighted by Gasteiger charge is 2.07. The van der Waals surface area contributed by atoms with E-state index in [1.165, 1.54) is 0 Å². The lowest BCUT2D eigenvalue weighted by Gasteiger charge is -2.02. The highest BCUT2D eigenvalue weighted by atomic mass is 16.4. The van der Waals surface area contributed by atoms with Gasteiger partial charge in [0.15, 0.2) is 18.9 Å². The van der Waals surface area contributed by atoms with Gasteiger partial charge in [0.05, 0.1) is 22.9 Å². The van der Waals surface area contributed by atoms with Crippen molar-refractivity contribution >= 4 is 17.0 Å². The van der Waals surface area contributed by atoms with Crippen LogP contribution in [0.2, 0.25) is 0 Å². The third-order valence-corrected chi connectivity index (χ3v) is 3.22. The number of fused-ring (bicyclic) bond motifs is 1. The lowest BCUT2D eigenvalue weighted by Crippen LogP contribution is -2.33. The van der Waals surface area contributed by atoms with Gasteiger partial charge in [-0.3, -0.25) is 9.78 Å². The van der Waals surface area contributed by atoms with Crippen molar-refractivity contribution in [3.05, 3.63) is 55.0 Å². The smallest absolute Gasteiger partial charge is 0.309 e. The maximum atomic E-state index is 10.6. The third-order valence-electron chi connectivity index (χ3n) is 3.22. The normalized spacial score (nSPS) is 10.7. The van der Waals surface area contributed by atoms with Crippen LogP contribution in [-0.2, 0) is 11.3 Å². The fraction of sp³-hybridized carbons (Fsp3) is 0.125. The molecule has 5 nitrogen and oxygen atoms in total. The number of rotatable bonds is 4. The van der Waals surface area contributed by atoms with Crippen LogP contribution >= 0.6 is 0 Å². The van der Waals surface area contributed by atoms with Gasteiger partial charge in [0.1, 0.15) is 6.42 Å². The molecule has 0 amide bonds. The Hall–Kier alpha value is -2.82. The van der Waals surface area contributed by atoms with Crippen LogP contribution in [-0.4, -0.2) is 21.0 Å². The molecule has 2 heterocycles. The van der Waals surface area contributed by atoms with Crippen molar-refractivity contribution in [1.82, 2.24) is 9.97 Å². The molecule has 0 spiro atoms. The topological polar surface area (TPSA) is 67.0 Å². The second kappa shape index (κ2) is 5.66. The number of nitrogens with zero attached hydrogens (tertiary/aromatic N) is 3. The number of aliphatic carboxylic acids is 1. The molecule has 0 unspecified atom stereocenters. The molecule has 3 rings (SSSR count). The van der Waals surface area contributed by atoms with Gasteiger partial charge in [-0.1, -0.05) is 12.1 Å². The Kier molecular flexibility index (Phi) is 3.55.